The van der Waals surface area contributed by atoms with Gasteiger partial charge in [-0.3, -0.25) is 19.8 Å². The van der Waals surface area contributed by atoms with Crippen LogP contribution in [0.1, 0.15) is 10.4 Å². The summed E-state index contributed by atoms with van der Waals surface area (Å²) in [6.45, 7) is 0. The lowest BCUT2D eigenvalue weighted by atomic mass is 10.1. The van der Waals surface area contributed by atoms with Crippen molar-refractivity contribution in [3.63, 3.8) is 0 Å². The SMILES string of the molecule is O=C1/C(=C\c2ccc([N+](=O)[O-])cc2)N=C(c2sc3ccccc3c2Cl)N1c1cccc(Br)c1. The number of benzene rings is 3. The minimum Gasteiger partial charge on any atom is -0.266 e. The van der Waals surface area contributed by atoms with Gasteiger partial charge in [0.2, 0.25) is 0 Å². The Kier molecular flexibility index (Phi) is 5.57. The van der Waals surface area contributed by atoms with E-state index in [9.17, 15) is 14.9 Å². The summed E-state index contributed by atoms with van der Waals surface area (Å²) in [7, 11) is 0. The molecular formula is C24H13BrClN3O3S. The summed E-state index contributed by atoms with van der Waals surface area (Å²) in [5.74, 6) is 0.132. The van der Waals surface area contributed by atoms with Gasteiger partial charge in [0.1, 0.15) is 5.70 Å². The van der Waals surface area contributed by atoms with Crippen molar-refractivity contribution in [2.45, 2.75) is 0 Å². The number of nitro groups is 1. The largest absolute Gasteiger partial charge is 0.282 e. The average Bonchev–Trinajstić information content (AvgIpc) is 3.31. The molecule has 0 fully saturated rings. The Morgan fingerprint density at radius 3 is 2.52 bits per heavy atom. The topological polar surface area (TPSA) is 75.8 Å². The van der Waals surface area contributed by atoms with E-state index in [4.69, 9.17) is 11.6 Å². The number of carbonyl (C=O) groups excluding carboxylic acids is 1. The fraction of sp³-hybridized carbons (Fsp3) is 0. The van der Waals surface area contributed by atoms with Crippen molar-refractivity contribution in [1.29, 1.82) is 0 Å². The lowest BCUT2D eigenvalue weighted by molar-refractivity contribution is -0.384. The van der Waals surface area contributed by atoms with Crippen LogP contribution in [0.25, 0.3) is 16.2 Å². The summed E-state index contributed by atoms with van der Waals surface area (Å²) in [6.07, 6.45) is 1.62. The minimum absolute atomic E-state index is 0.0214. The molecule has 0 saturated carbocycles. The number of aliphatic imine (C=N–C) groups is 1. The second-order valence-electron chi connectivity index (χ2n) is 7.18. The van der Waals surface area contributed by atoms with Crippen molar-refractivity contribution in [3.05, 3.63) is 109 Å². The van der Waals surface area contributed by atoms with Crippen LogP contribution in [0.2, 0.25) is 5.02 Å². The number of amidine groups is 1. The van der Waals surface area contributed by atoms with Crippen LogP contribution in [0.5, 0.6) is 0 Å². The molecule has 0 N–H and O–H groups in total. The lowest BCUT2D eigenvalue weighted by Crippen LogP contribution is -2.32. The molecule has 1 aliphatic heterocycles. The van der Waals surface area contributed by atoms with E-state index in [1.807, 2.05) is 48.5 Å². The zero-order valence-electron chi connectivity index (χ0n) is 16.7. The van der Waals surface area contributed by atoms with Crippen LogP contribution < -0.4 is 4.90 Å². The van der Waals surface area contributed by atoms with Gasteiger partial charge in [-0.1, -0.05) is 51.8 Å². The van der Waals surface area contributed by atoms with E-state index in [0.29, 0.717) is 27.0 Å². The summed E-state index contributed by atoms with van der Waals surface area (Å²) < 4.78 is 1.82. The molecule has 162 valence electrons. The highest BCUT2D eigenvalue weighted by molar-refractivity contribution is 9.10. The molecule has 0 saturated heterocycles. The number of halogens is 2. The molecule has 3 aromatic carbocycles. The highest BCUT2D eigenvalue weighted by Gasteiger charge is 2.35. The maximum Gasteiger partial charge on any atom is 0.282 e. The third kappa shape index (κ3) is 3.97. The zero-order chi connectivity index (χ0) is 23.1. The molecule has 0 bridgehead atoms. The van der Waals surface area contributed by atoms with Crippen molar-refractivity contribution >= 4 is 78.1 Å². The van der Waals surface area contributed by atoms with Crippen molar-refractivity contribution < 1.29 is 9.72 Å². The monoisotopic (exact) mass is 537 g/mol. The van der Waals surface area contributed by atoms with Crippen LogP contribution in [0.4, 0.5) is 11.4 Å². The highest BCUT2D eigenvalue weighted by Crippen LogP contribution is 2.39. The minimum atomic E-state index is -0.466. The number of rotatable bonds is 4. The van der Waals surface area contributed by atoms with Crippen molar-refractivity contribution in [2.24, 2.45) is 4.99 Å². The predicted molar refractivity (Wildman–Crippen MR) is 136 cm³/mol. The summed E-state index contributed by atoms with van der Waals surface area (Å²) in [6, 6.07) is 21.1. The van der Waals surface area contributed by atoms with Crippen LogP contribution in [0, 0.1) is 10.1 Å². The number of amides is 1. The Bertz CT molecular complexity index is 1490. The standard InChI is InChI=1S/C24H13BrClN3O3S/c25-15-4-3-5-17(13-15)28-23(22-21(26)18-6-1-2-7-20(18)33-22)27-19(24(28)30)12-14-8-10-16(11-9-14)29(31)32/h1-13H/b19-12+. The Balaban J connectivity index is 1.65. The van der Waals surface area contributed by atoms with Crippen LogP contribution in [-0.2, 0) is 4.79 Å². The first-order valence-electron chi connectivity index (χ1n) is 9.74. The number of hydrogen-bond acceptors (Lipinski definition) is 5. The third-order valence-corrected chi connectivity index (χ3v) is 7.24. The molecule has 1 aromatic heterocycles. The molecule has 6 nitrogen and oxygen atoms in total. The Morgan fingerprint density at radius 1 is 1.06 bits per heavy atom. The van der Waals surface area contributed by atoms with Crippen LogP contribution in [0.3, 0.4) is 0 Å². The van der Waals surface area contributed by atoms with Gasteiger partial charge < -0.3 is 0 Å². The summed E-state index contributed by atoms with van der Waals surface area (Å²) in [4.78, 5) is 30.9. The van der Waals surface area contributed by atoms with E-state index >= 15 is 0 Å². The highest BCUT2D eigenvalue weighted by atomic mass is 79.9. The molecule has 9 heteroatoms. The molecule has 0 spiro atoms. The number of carbonyl (C=O) groups is 1. The second-order valence-corrected chi connectivity index (χ2v) is 9.52. The molecule has 0 aliphatic carbocycles. The lowest BCUT2D eigenvalue weighted by Gasteiger charge is -2.18. The van der Waals surface area contributed by atoms with E-state index in [0.717, 1.165) is 14.6 Å². The zero-order valence-corrected chi connectivity index (χ0v) is 19.9. The number of fused-ring (bicyclic) bond motifs is 1. The first kappa shape index (κ1) is 21.5. The van der Waals surface area contributed by atoms with Gasteiger partial charge in [-0.05, 0) is 48.0 Å². The van der Waals surface area contributed by atoms with Gasteiger partial charge in [-0.25, -0.2) is 4.99 Å². The van der Waals surface area contributed by atoms with E-state index in [-0.39, 0.29) is 17.3 Å². The summed E-state index contributed by atoms with van der Waals surface area (Å²) in [5.41, 5.74) is 1.47. The molecule has 2 heterocycles. The van der Waals surface area contributed by atoms with Crippen molar-refractivity contribution in [1.82, 2.24) is 0 Å². The van der Waals surface area contributed by atoms with Gasteiger partial charge in [-0.15, -0.1) is 11.3 Å². The molecule has 1 aliphatic rings. The number of hydrogen-bond donors (Lipinski definition) is 0. The van der Waals surface area contributed by atoms with Gasteiger partial charge in [-0.2, -0.15) is 0 Å². The van der Waals surface area contributed by atoms with Gasteiger partial charge in [0.25, 0.3) is 11.6 Å². The molecule has 5 rings (SSSR count). The summed E-state index contributed by atoms with van der Waals surface area (Å²) >= 11 is 11.7. The molecule has 0 atom stereocenters. The maximum absolute atomic E-state index is 13.5. The van der Waals surface area contributed by atoms with Gasteiger partial charge in [0.05, 0.1) is 20.5 Å². The number of nitrogens with zero attached hydrogens (tertiary/aromatic N) is 3. The van der Waals surface area contributed by atoms with E-state index in [2.05, 4.69) is 20.9 Å². The van der Waals surface area contributed by atoms with Crippen LogP contribution in [0.15, 0.2) is 88.0 Å². The summed E-state index contributed by atoms with van der Waals surface area (Å²) in [5, 5.41) is 12.4. The van der Waals surface area contributed by atoms with Crippen LogP contribution >= 0.6 is 38.9 Å². The number of thiophene rings is 1. The van der Waals surface area contributed by atoms with Gasteiger partial charge in [0, 0.05) is 26.7 Å². The average molecular weight is 539 g/mol. The van der Waals surface area contributed by atoms with Crippen LogP contribution in [-0.4, -0.2) is 16.7 Å². The maximum atomic E-state index is 13.5. The Labute approximate surface area is 205 Å². The smallest absolute Gasteiger partial charge is 0.266 e. The second kappa shape index (κ2) is 8.55. The molecule has 1 amide bonds. The predicted octanol–water partition coefficient (Wildman–Crippen LogP) is 7.06. The molecule has 33 heavy (non-hydrogen) atoms. The fourth-order valence-corrected chi connectivity index (χ4v) is 5.41. The normalized spacial score (nSPS) is 14.8. The molecular weight excluding hydrogens is 526 g/mol. The first-order valence-corrected chi connectivity index (χ1v) is 11.7. The number of non-ortho nitro benzene ring substituents is 1. The fourth-order valence-electron chi connectivity index (χ4n) is 3.53. The number of nitro benzene ring substituents is 1. The van der Waals surface area contributed by atoms with E-state index < -0.39 is 4.92 Å². The molecule has 4 aromatic rings. The third-order valence-electron chi connectivity index (χ3n) is 5.07. The van der Waals surface area contributed by atoms with Crippen molar-refractivity contribution in [2.75, 3.05) is 4.90 Å². The number of anilines is 1. The Hall–Kier alpha value is -3.33. The molecule has 0 radical (unpaired) electrons. The first-order chi connectivity index (χ1) is 15.9. The quantitative estimate of drug-likeness (QED) is 0.159. The van der Waals surface area contributed by atoms with Gasteiger partial charge >= 0.3 is 0 Å². The van der Waals surface area contributed by atoms with E-state index in [1.54, 1.807) is 23.1 Å². The Morgan fingerprint density at radius 2 is 1.82 bits per heavy atom. The van der Waals surface area contributed by atoms with E-state index in [1.165, 1.54) is 23.5 Å². The molecule has 0 unspecified atom stereocenters. The van der Waals surface area contributed by atoms with Gasteiger partial charge in [0.15, 0.2) is 5.84 Å². The van der Waals surface area contributed by atoms with Crippen molar-refractivity contribution in [3.8, 4) is 0 Å².